The molecule has 1 aliphatic rings. The van der Waals surface area contributed by atoms with Gasteiger partial charge in [-0.3, -0.25) is 0 Å². The fourth-order valence-corrected chi connectivity index (χ4v) is 2.71. The summed E-state index contributed by atoms with van der Waals surface area (Å²) in [5.74, 6) is 2.20. The van der Waals surface area contributed by atoms with Gasteiger partial charge in [-0.1, -0.05) is 33.1 Å². The Balaban J connectivity index is 2.56. The van der Waals surface area contributed by atoms with Crippen LogP contribution in [0.1, 0.15) is 33.1 Å². The maximum absolute atomic E-state index is 6.00. The molecule has 0 heterocycles. The third-order valence-corrected chi connectivity index (χ3v) is 3.40. The van der Waals surface area contributed by atoms with Crippen LogP contribution in [0.2, 0.25) is 0 Å². The summed E-state index contributed by atoms with van der Waals surface area (Å²) in [5, 5.41) is 0. The number of hydrogen-bond acceptors (Lipinski definition) is 2. The van der Waals surface area contributed by atoms with Gasteiger partial charge in [0.15, 0.2) is 0 Å². The summed E-state index contributed by atoms with van der Waals surface area (Å²) in [7, 11) is 0. The van der Waals surface area contributed by atoms with Crippen molar-refractivity contribution in [2.45, 2.75) is 39.2 Å². The van der Waals surface area contributed by atoms with E-state index in [1.54, 1.807) is 0 Å². The first-order chi connectivity index (χ1) is 5.66. The van der Waals surface area contributed by atoms with Crippen LogP contribution in [0.5, 0.6) is 0 Å². The third kappa shape index (κ3) is 1.99. The van der Waals surface area contributed by atoms with Crippen molar-refractivity contribution >= 4 is 0 Å². The molecule has 1 rings (SSSR count). The van der Waals surface area contributed by atoms with E-state index >= 15 is 0 Å². The maximum atomic E-state index is 6.00. The summed E-state index contributed by atoms with van der Waals surface area (Å²) in [4.78, 5) is 0. The minimum Gasteiger partial charge on any atom is -0.329 e. The van der Waals surface area contributed by atoms with Gasteiger partial charge in [0, 0.05) is 12.6 Å². The molecular formula is C10H22N2. The highest BCUT2D eigenvalue weighted by Gasteiger charge is 2.31. The summed E-state index contributed by atoms with van der Waals surface area (Å²) >= 11 is 0. The largest absolute Gasteiger partial charge is 0.329 e. The molecule has 1 aliphatic carbocycles. The fraction of sp³-hybridized carbons (Fsp3) is 1.00. The highest BCUT2D eigenvalue weighted by atomic mass is 14.7. The first kappa shape index (κ1) is 10.0. The van der Waals surface area contributed by atoms with E-state index in [1.807, 2.05) is 0 Å². The van der Waals surface area contributed by atoms with Gasteiger partial charge in [-0.25, -0.2) is 0 Å². The van der Waals surface area contributed by atoms with E-state index in [9.17, 15) is 0 Å². The number of rotatable bonds is 2. The SMILES string of the molecule is CC1CCCC(C)C1C(N)CN. The standard InChI is InChI=1S/C10H22N2/c1-7-4-3-5-8(2)10(7)9(12)6-11/h7-10H,3-6,11-12H2,1-2H3. The number of nitrogens with two attached hydrogens (primary N) is 2. The van der Waals surface area contributed by atoms with Crippen LogP contribution in [-0.2, 0) is 0 Å². The predicted molar refractivity (Wildman–Crippen MR) is 52.7 cm³/mol. The molecule has 1 fully saturated rings. The molecule has 2 nitrogen and oxygen atoms in total. The zero-order chi connectivity index (χ0) is 9.14. The minimum atomic E-state index is 0.218. The normalized spacial score (nSPS) is 39.5. The lowest BCUT2D eigenvalue weighted by atomic mass is 9.70. The van der Waals surface area contributed by atoms with E-state index in [2.05, 4.69) is 13.8 Å². The van der Waals surface area contributed by atoms with E-state index in [0.717, 1.165) is 11.8 Å². The van der Waals surface area contributed by atoms with Crippen molar-refractivity contribution in [1.82, 2.24) is 0 Å². The zero-order valence-corrected chi connectivity index (χ0v) is 8.29. The van der Waals surface area contributed by atoms with Crippen LogP contribution < -0.4 is 11.5 Å². The zero-order valence-electron chi connectivity index (χ0n) is 8.29. The van der Waals surface area contributed by atoms with Gasteiger partial charge in [-0.2, -0.15) is 0 Å². The molecule has 0 aliphatic heterocycles. The Morgan fingerprint density at radius 2 is 1.75 bits per heavy atom. The van der Waals surface area contributed by atoms with E-state index in [0.29, 0.717) is 12.5 Å². The summed E-state index contributed by atoms with van der Waals surface area (Å²) in [5.41, 5.74) is 11.6. The Bertz CT molecular complexity index is 120. The highest BCUT2D eigenvalue weighted by Crippen LogP contribution is 2.35. The highest BCUT2D eigenvalue weighted by molar-refractivity contribution is 4.85. The molecule has 0 aromatic heterocycles. The topological polar surface area (TPSA) is 52.0 Å². The summed E-state index contributed by atoms with van der Waals surface area (Å²) in [6, 6.07) is 0.218. The van der Waals surface area contributed by atoms with Crippen LogP contribution in [0, 0.1) is 17.8 Å². The first-order valence-electron chi connectivity index (χ1n) is 5.12. The molecule has 0 spiro atoms. The lowest BCUT2D eigenvalue weighted by Crippen LogP contribution is -2.44. The molecule has 0 saturated heterocycles. The predicted octanol–water partition coefficient (Wildman–Crippen LogP) is 1.34. The Morgan fingerprint density at radius 1 is 1.25 bits per heavy atom. The summed E-state index contributed by atoms with van der Waals surface area (Å²) in [6.45, 7) is 5.27. The molecule has 0 aromatic carbocycles. The first-order valence-corrected chi connectivity index (χ1v) is 5.12. The van der Waals surface area contributed by atoms with Crippen LogP contribution >= 0.6 is 0 Å². The lowest BCUT2D eigenvalue weighted by Gasteiger charge is -2.38. The van der Waals surface area contributed by atoms with Crippen LogP contribution in [-0.4, -0.2) is 12.6 Å². The Kier molecular flexibility index (Phi) is 3.53. The van der Waals surface area contributed by atoms with Gasteiger partial charge in [0.25, 0.3) is 0 Å². The van der Waals surface area contributed by atoms with Crippen molar-refractivity contribution in [3.05, 3.63) is 0 Å². The van der Waals surface area contributed by atoms with Crippen LogP contribution in [0.25, 0.3) is 0 Å². The lowest BCUT2D eigenvalue weighted by molar-refractivity contribution is 0.150. The summed E-state index contributed by atoms with van der Waals surface area (Å²) < 4.78 is 0. The quantitative estimate of drug-likeness (QED) is 0.657. The second kappa shape index (κ2) is 4.24. The van der Waals surface area contributed by atoms with Crippen LogP contribution in [0.3, 0.4) is 0 Å². The van der Waals surface area contributed by atoms with E-state index in [1.165, 1.54) is 19.3 Å². The van der Waals surface area contributed by atoms with Gasteiger partial charge < -0.3 is 11.5 Å². The molecular weight excluding hydrogens is 148 g/mol. The third-order valence-electron chi connectivity index (χ3n) is 3.40. The molecule has 3 atom stereocenters. The smallest absolute Gasteiger partial charge is 0.0196 e. The second-order valence-corrected chi connectivity index (χ2v) is 4.36. The van der Waals surface area contributed by atoms with Crippen molar-refractivity contribution in [1.29, 1.82) is 0 Å². The monoisotopic (exact) mass is 170 g/mol. The van der Waals surface area contributed by atoms with Crippen molar-refractivity contribution in [3.8, 4) is 0 Å². The van der Waals surface area contributed by atoms with E-state index < -0.39 is 0 Å². The van der Waals surface area contributed by atoms with E-state index in [-0.39, 0.29) is 6.04 Å². The average molecular weight is 170 g/mol. The molecule has 0 bridgehead atoms. The van der Waals surface area contributed by atoms with Gasteiger partial charge in [0.05, 0.1) is 0 Å². The van der Waals surface area contributed by atoms with Crippen LogP contribution in [0.15, 0.2) is 0 Å². The van der Waals surface area contributed by atoms with Crippen molar-refractivity contribution in [2.24, 2.45) is 29.2 Å². The molecule has 1 saturated carbocycles. The molecule has 72 valence electrons. The Morgan fingerprint density at radius 3 is 2.17 bits per heavy atom. The second-order valence-electron chi connectivity index (χ2n) is 4.36. The summed E-state index contributed by atoms with van der Waals surface area (Å²) in [6.07, 6.45) is 4.04. The molecule has 2 heteroatoms. The van der Waals surface area contributed by atoms with Gasteiger partial charge >= 0.3 is 0 Å². The van der Waals surface area contributed by atoms with Gasteiger partial charge in [0.2, 0.25) is 0 Å². The van der Waals surface area contributed by atoms with Gasteiger partial charge in [0.1, 0.15) is 0 Å². The molecule has 12 heavy (non-hydrogen) atoms. The molecule has 4 N–H and O–H groups in total. The van der Waals surface area contributed by atoms with Crippen molar-refractivity contribution in [3.63, 3.8) is 0 Å². The van der Waals surface area contributed by atoms with Gasteiger partial charge in [-0.05, 0) is 17.8 Å². The van der Waals surface area contributed by atoms with Gasteiger partial charge in [-0.15, -0.1) is 0 Å². The minimum absolute atomic E-state index is 0.218. The molecule has 3 unspecified atom stereocenters. The maximum Gasteiger partial charge on any atom is 0.0196 e. The van der Waals surface area contributed by atoms with Crippen LogP contribution in [0.4, 0.5) is 0 Å². The fourth-order valence-electron chi connectivity index (χ4n) is 2.71. The molecule has 0 radical (unpaired) electrons. The van der Waals surface area contributed by atoms with E-state index in [4.69, 9.17) is 11.5 Å². The molecule has 0 amide bonds. The average Bonchev–Trinajstić information content (AvgIpc) is 2.03. The van der Waals surface area contributed by atoms with Crippen molar-refractivity contribution in [2.75, 3.05) is 6.54 Å². The Hall–Kier alpha value is -0.0800. The number of hydrogen-bond donors (Lipinski definition) is 2. The Labute approximate surface area is 75.7 Å². The van der Waals surface area contributed by atoms with Crippen molar-refractivity contribution < 1.29 is 0 Å². The molecule has 0 aromatic rings.